The molecule has 1 heteroatoms. The summed E-state index contributed by atoms with van der Waals surface area (Å²) < 4.78 is 0. The Morgan fingerprint density at radius 3 is 2.71 bits per heavy atom. The molecule has 1 aromatic rings. The average molecular weight is 209 g/mol. The van der Waals surface area contributed by atoms with Crippen LogP contribution in [-0.4, -0.2) is 0 Å². The van der Waals surface area contributed by atoms with Crippen LogP contribution < -0.4 is 0 Å². The number of aryl methyl sites for hydroxylation is 1. The molecule has 0 heterocycles. The minimum Gasteiger partial charge on any atom is -0.118 e. The van der Waals surface area contributed by atoms with Gasteiger partial charge in [0.1, 0.15) is 0 Å². The Balaban J connectivity index is 2.41. The number of rotatable bonds is 2. The van der Waals surface area contributed by atoms with Gasteiger partial charge in [-0.25, -0.2) is 0 Å². The van der Waals surface area contributed by atoms with Crippen molar-refractivity contribution in [1.29, 1.82) is 0 Å². The third kappa shape index (κ3) is 1.56. The lowest BCUT2D eigenvalue weighted by Gasteiger charge is -2.08. The molecular weight excluding hydrogens is 192 g/mol. The van der Waals surface area contributed by atoms with Crippen LogP contribution in [0.15, 0.2) is 18.2 Å². The quantitative estimate of drug-likeness (QED) is 0.631. The molecule has 0 fully saturated rings. The van der Waals surface area contributed by atoms with E-state index in [9.17, 15) is 0 Å². The number of alkyl halides is 1. The van der Waals surface area contributed by atoms with Crippen molar-refractivity contribution in [2.75, 3.05) is 0 Å². The van der Waals surface area contributed by atoms with Gasteiger partial charge in [-0.2, -0.15) is 0 Å². The summed E-state index contributed by atoms with van der Waals surface area (Å²) in [6, 6.07) is 6.82. The SMILES string of the molecule is CCc1ccc2c(c1)C(Cl)CC2CC. The molecule has 2 rings (SSSR count). The van der Waals surface area contributed by atoms with Crippen LogP contribution in [0, 0.1) is 0 Å². The number of halogens is 1. The highest BCUT2D eigenvalue weighted by atomic mass is 35.5. The molecule has 1 aliphatic rings. The second-order valence-electron chi connectivity index (χ2n) is 4.13. The zero-order valence-corrected chi connectivity index (χ0v) is 9.64. The number of hydrogen-bond acceptors (Lipinski definition) is 0. The first-order valence-electron chi connectivity index (χ1n) is 5.53. The summed E-state index contributed by atoms with van der Waals surface area (Å²) in [5.74, 6) is 0.693. The van der Waals surface area contributed by atoms with Crippen LogP contribution in [0.3, 0.4) is 0 Å². The van der Waals surface area contributed by atoms with E-state index in [4.69, 9.17) is 11.6 Å². The zero-order chi connectivity index (χ0) is 10.1. The van der Waals surface area contributed by atoms with E-state index < -0.39 is 0 Å². The van der Waals surface area contributed by atoms with Crippen molar-refractivity contribution >= 4 is 11.6 Å². The molecule has 2 atom stereocenters. The van der Waals surface area contributed by atoms with Crippen LogP contribution in [0.1, 0.15) is 54.7 Å². The van der Waals surface area contributed by atoms with Gasteiger partial charge in [-0.1, -0.05) is 32.0 Å². The largest absolute Gasteiger partial charge is 0.118 e. The first kappa shape index (κ1) is 10.0. The van der Waals surface area contributed by atoms with E-state index in [1.807, 2.05) is 0 Å². The molecule has 1 aliphatic carbocycles. The Hall–Kier alpha value is -0.490. The Bertz CT molecular complexity index is 330. The average Bonchev–Trinajstić information content (AvgIpc) is 2.55. The summed E-state index contributed by atoms with van der Waals surface area (Å²) in [5.41, 5.74) is 4.29. The maximum atomic E-state index is 6.35. The number of fused-ring (bicyclic) bond motifs is 1. The van der Waals surface area contributed by atoms with Gasteiger partial charge in [-0.05, 0) is 41.9 Å². The Labute approximate surface area is 91.3 Å². The Kier molecular flexibility index (Phi) is 2.83. The lowest BCUT2D eigenvalue weighted by molar-refractivity contribution is 0.647. The minimum absolute atomic E-state index is 0.251. The highest BCUT2D eigenvalue weighted by Gasteiger charge is 2.28. The van der Waals surface area contributed by atoms with Gasteiger partial charge in [0, 0.05) is 0 Å². The Morgan fingerprint density at radius 2 is 2.07 bits per heavy atom. The molecule has 0 spiro atoms. The molecule has 0 radical (unpaired) electrons. The number of hydrogen-bond donors (Lipinski definition) is 0. The highest BCUT2D eigenvalue weighted by Crippen LogP contribution is 2.45. The molecule has 0 nitrogen and oxygen atoms in total. The van der Waals surface area contributed by atoms with Crippen molar-refractivity contribution in [1.82, 2.24) is 0 Å². The lowest BCUT2D eigenvalue weighted by Crippen LogP contribution is -1.91. The smallest absolute Gasteiger partial charge is 0.0593 e. The molecule has 0 aromatic heterocycles. The lowest BCUT2D eigenvalue weighted by atomic mass is 9.97. The standard InChI is InChI=1S/C13H17Cl/c1-3-9-5-6-11-10(4-2)8-13(14)12(11)7-9/h5-7,10,13H,3-4,8H2,1-2H3. The highest BCUT2D eigenvalue weighted by molar-refractivity contribution is 6.21. The van der Waals surface area contributed by atoms with Gasteiger partial charge in [0.05, 0.1) is 5.38 Å². The van der Waals surface area contributed by atoms with E-state index in [0.717, 1.165) is 12.8 Å². The first-order valence-corrected chi connectivity index (χ1v) is 5.96. The van der Waals surface area contributed by atoms with Crippen molar-refractivity contribution in [3.8, 4) is 0 Å². The zero-order valence-electron chi connectivity index (χ0n) is 8.89. The number of benzene rings is 1. The maximum absolute atomic E-state index is 6.35. The van der Waals surface area contributed by atoms with Crippen LogP contribution in [-0.2, 0) is 6.42 Å². The van der Waals surface area contributed by atoms with Gasteiger partial charge in [-0.3, -0.25) is 0 Å². The van der Waals surface area contributed by atoms with Crippen LogP contribution >= 0.6 is 11.6 Å². The maximum Gasteiger partial charge on any atom is 0.0593 e. The van der Waals surface area contributed by atoms with Gasteiger partial charge < -0.3 is 0 Å². The van der Waals surface area contributed by atoms with Gasteiger partial charge in [0.2, 0.25) is 0 Å². The molecule has 0 bridgehead atoms. The van der Waals surface area contributed by atoms with Gasteiger partial charge >= 0.3 is 0 Å². The molecule has 0 saturated heterocycles. The van der Waals surface area contributed by atoms with Gasteiger partial charge in [0.15, 0.2) is 0 Å². The fourth-order valence-electron chi connectivity index (χ4n) is 2.38. The summed E-state index contributed by atoms with van der Waals surface area (Å²) in [5, 5.41) is 0.251. The third-order valence-corrected chi connectivity index (χ3v) is 3.73. The van der Waals surface area contributed by atoms with Gasteiger partial charge in [0.25, 0.3) is 0 Å². The van der Waals surface area contributed by atoms with Crippen LogP contribution in [0.25, 0.3) is 0 Å². The molecule has 14 heavy (non-hydrogen) atoms. The predicted octanol–water partition coefficient (Wildman–Crippen LogP) is 4.43. The van der Waals surface area contributed by atoms with Crippen molar-refractivity contribution in [3.05, 3.63) is 34.9 Å². The van der Waals surface area contributed by atoms with Crippen molar-refractivity contribution in [2.24, 2.45) is 0 Å². The van der Waals surface area contributed by atoms with E-state index in [0.29, 0.717) is 5.92 Å². The normalized spacial score (nSPS) is 25.1. The van der Waals surface area contributed by atoms with E-state index in [2.05, 4.69) is 32.0 Å². The topological polar surface area (TPSA) is 0 Å². The molecule has 0 saturated carbocycles. The van der Waals surface area contributed by atoms with Crippen molar-refractivity contribution in [3.63, 3.8) is 0 Å². The fraction of sp³-hybridized carbons (Fsp3) is 0.538. The molecule has 1 aromatic carbocycles. The molecule has 0 N–H and O–H groups in total. The molecule has 76 valence electrons. The summed E-state index contributed by atoms with van der Waals surface area (Å²) in [6.07, 6.45) is 3.44. The van der Waals surface area contributed by atoms with Crippen LogP contribution in [0.4, 0.5) is 0 Å². The second kappa shape index (κ2) is 3.94. The van der Waals surface area contributed by atoms with E-state index >= 15 is 0 Å². The van der Waals surface area contributed by atoms with E-state index in [1.165, 1.54) is 23.1 Å². The van der Waals surface area contributed by atoms with E-state index in [1.54, 1.807) is 0 Å². The summed E-state index contributed by atoms with van der Waals surface area (Å²) in [4.78, 5) is 0. The molecule has 0 aliphatic heterocycles. The summed E-state index contributed by atoms with van der Waals surface area (Å²) >= 11 is 6.35. The second-order valence-corrected chi connectivity index (χ2v) is 4.65. The van der Waals surface area contributed by atoms with Gasteiger partial charge in [-0.15, -0.1) is 11.6 Å². The van der Waals surface area contributed by atoms with Crippen molar-refractivity contribution in [2.45, 2.75) is 44.4 Å². The first-order chi connectivity index (χ1) is 6.76. The fourth-order valence-corrected chi connectivity index (χ4v) is 2.78. The molecule has 0 amide bonds. The van der Waals surface area contributed by atoms with Crippen molar-refractivity contribution < 1.29 is 0 Å². The minimum atomic E-state index is 0.251. The van der Waals surface area contributed by atoms with Crippen LogP contribution in [0.5, 0.6) is 0 Å². The Morgan fingerprint density at radius 1 is 1.29 bits per heavy atom. The summed E-state index contributed by atoms with van der Waals surface area (Å²) in [6.45, 7) is 4.44. The summed E-state index contributed by atoms with van der Waals surface area (Å²) in [7, 11) is 0. The molecular formula is C13H17Cl. The molecule has 2 unspecified atom stereocenters. The monoisotopic (exact) mass is 208 g/mol. The van der Waals surface area contributed by atoms with Crippen LogP contribution in [0.2, 0.25) is 0 Å². The van der Waals surface area contributed by atoms with E-state index in [-0.39, 0.29) is 5.38 Å². The third-order valence-electron chi connectivity index (χ3n) is 3.32. The predicted molar refractivity (Wildman–Crippen MR) is 62.1 cm³/mol.